The fourth-order valence-corrected chi connectivity index (χ4v) is 3.28. The maximum atomic E-state index is 12.3. The third kappa shape index (κ3) is 4.54. The Morgan fingerprint density at radius 1 is 1.26 bits per heavy atom. The highest BCUT2D eigenvalue weighted by molar-refractivity contribution is 5.84. The molecule has 3 rings (SSSR count). The number of carboxylic acid groups (broad SMARTS) is 1. The lowest BCUT2D eigenvalue weighted by Crippen LogP contribution is -2.57. The first-order valence-electron chi connectivity index (χ1n) is 9.01. The van der Waals surface area contributed by atoms with Crippen molar-refractivity contribution in [3.8, 4) is 0 Å². The average Bonchev–Trinajstić information content (AvgIpc) is 2.60. The highest BCUT2D eigenvalue weighted by atomic mass is 16.6. The first-order chi connectivity index (χ1) is 12.7. The highest BCUT2D eigenvalue weighted by Gasteiger charge is 2.36. The van der Waals surface area contributed by atoms with Gasteiger partial charge in [0.05, 0.1) is 6.54 Å². The van der Waals surface area contributed by atoms with Gasteiger partial charge in [-0.05, 0) is 37.8 Å². The minimum Gasteiger partial charge on any atom is -0.480 e. The van der Waals surface area contributed by atoms with Crippen molar-refractivity contribution in [2.45, 2.75) is 39.0 Å². The molecule has 144 valence electrons. The van der Waals surface area contributed by atoms with Gasteiger partial charge in [-0.2, -0.15) is 0 Å². The Morgan fingerprint density at radius 3 is 2.74 bits per heavy atom. The number of aliphatic carboxylic acids is 1. The summed E-state index contributed by atoms with van der Waals surface area (Å²) in [4.78, 5) is 31.7. The summed E-state index contributed by atoms with van der Waals surface area (Å²) in [6, 6.07) is 7.11. The molecule has 2 heterocycles. The number of aromatic nitrogens is 1. The fraction of sp³-hybridized carbons (Fsp3) is 0.450. The molecule has 1 fully saturated rings. The SMILES string of the molecule is CC(C)(C)OC(=O)N1CCN(Cc2cccc3cnccc23)C(C(=O)O)C1. The average molecular weight is 371 g/mol. The first-order valence-corrected chi connectivity index (χ1v) is 9.01. The van der Waals surface area contributed by atoms with E-state index in [-0.39, 0.29) is 6.54 Å². The minimum atomic E-state index is -0.940. The molecular formula is C20H25N3O4. The zero-order valence-corrected chi connectivity index (χ0v) is 15.9. The normalized spacial score (nSPS) is 18.5. The van der Waals surface area contributed by atoms with Gasteiger partial charge >= 0.3 is 12.1 Å². The molecule has 7 heteroatoms. The highest BCUT2D eigenvalue weighted by Crippen LogP contribution is 2.22. The topological polar surface area (TPSA) is 83.0 Å². The molecule has 27 heavy (non-hydrogen) atoms. The molecule has 0 bridgehead atoms. The number of fused-ring (bicyclic) bond motifs is 1. The number of nitrogens with zero attached hydrogens (tertiary/aromatic N) is 3. The molecule has 2 aromatic rings. The third-order valence-corrected chi connectivity index (χ3v) is 4.57. The lowest BCUT2D eigenvalue weighted by molar-refractivity contribution is -0.145. The number of rotatable bonds is 3. The number of pyridine rings is 1. The molecule has 1 aliphatic rings. The van der Waals surface area contributed by atoms with Gasteiger partial charge in [0.25, 0.3) is 0 Å². The summed E-state index contributed by atoms with van der Waals surface area (Å²) in [6.07, 6.45) is 3.07. The molecule has 0 saturated carbocycles. The van der Waals surface area contributed by atoms with Crippen LogP contribution in [0.4, 0.5) is 4.79 Å². The molecule has 1 atom stereocenters. The molecule has 1 aliphatic heterocycles. The van der Waals surface area contributed by atoms with Gasteiger partial charge in [-0.25, -0.2) is 4.79 Å². The van der Waals surface area contributed by atoms with Crippen LogP contribution in [0.2, 0.25) is 0 Å². The second-order valence-electron chi connectivity index (χ2n) is 7.76. The quantitative estimate of drug-likeness (QED) is 0.893. The zero-order valence-electron chi connectivity index (χ0n) is 15.9. The van der Waals surface area contributed by atoms with E-state index in [4.69, 9.17) is 4.74 Å². The first kappa shape index (κ1) is 19.1. The van der Waals surface area contributed by atoms with Crippen LogP contribution in [-0.2, 0) is 16.1 Å². The molecule has 0 spiro atoms. The van der Waals surface area contributed by atoms with Gasteiger partial charge in [-0.15, -0.1) is 0 Å². The molecule has 0 radical (unpaired) electrons. The molecule has 1 aromatic heterocycles. The van der Waals surface area contributed by atoms with Gasteiger partial charge in [0.2, 0.25) is 0 Å². The van der Waals surface area contributed by atoms with Crippen molar-refractivity contribution in [1.29, 1.82) is 0 Å². The fourth-order valence-electron chi connectivity index (χ4n) is 3.28. The number of hydrogen-bond acceptors (Lipinski definition) is 5. The van der Waals surface area contributed by atoms with E-state index in [9.17, 15) is 14.7 Å². The van der Waals surface area contributed by atoms with Gasteiger partial charge in [-0.1, -0.05) is 18.2 Å². The Balaban J connectivity index is 1.77. The summed E-state index contributed by atoms with van der Waals surface area (Å²) in [6.45, 7) is 6.90. The molecule has 0 aliphatic carbocycles. The summed E-state index contributed by atoms with van der Waals surface area (Å²) >= 11 is 0. The predicted molar refractivity (Wildman–Crippen MR) is 101 cm³/mol. The molecule has 1 saturated heterocycles. The molecule has 1 unspecified atom stereocenters. The van der Waals surface area contributed by atoms with Crippen LogP contribution in [0.25, 0.3) is 10.8 Å². The third-order valence-electron chi connectivity index (χ3n) is 4.57. The standard InChI is InChI=1S/C20H25N3O4/c1-20(2,3)27-19(26)23-10-9-22(17(13-23)18(24)25)12-15-6-4-5-14-11-21-8-7-16(14)15/h4-8,11,17H,9-10,12-13H2,1-3H3,(H,24,25). The van der Waals surface area contributed by atoms with Crippen molar-refractivity contribution in [3.63, 3.8) is 0 Å². The largest absolute Gasteiger partial charge is 0.480 e. The molecule has 1 N–H and O–H groups in total. The van der Waals surface area contributed by atoms with Crippen LogP contribution in [-0.4, -0.2) is 63.2 Å². The number of piperazine rings is 1. The second-order valence-corrected chi connectivity index (χ2v) is 7.76. The Bertz CT molecular complexity index is 841. The smallest absolute Gasteiger partial charge is 0.410 e. The van der Waals surface area contributed by atoms with Crippen LogP contribution in [0.15, 0.2) is 36.7 Å². The Kier molecular flexibility index (Phi) is 5.32. The van der Waals surface area contributed by atoms with E-state index in [1.54, 1.807) is 33.2 Å². The number of carbonyl (C=O) groups excluding carboxylic acids is 1. The van der Waals surface area contributed by atoms with Crippen LogP contribution in [0, 0.1) is 0 Å². The number of ether oxygens (including phenoxy) is 1. The van der Waals surface area contributed by atoms with Gasteiger partial charge in [0.1, 0.15) is 11.6 Å². The zero-order chi connectivity index (χ0) is 19.6. The monoisotopic (exact) mass is 371 g/mol. The van der Waals surface area contributed by atoms with Gasteiger partial charge in [-0.3, -0.25) is 14.7 Å². The molecule has 1 aromatic carbocycles. The predicted octanol–water partition coefficient (Wildman–Crippen LogP) is 2.74. The lowest BCUT2D eigenvalue weighted by atomic mass is 10.0. The van der Waals surface area contributed by atoms with E-state index in [1.165, 1.54) is 4.90 Å². The molecule has 1 amide bonds. The van der Waals surface area contributed by atoms with E-state index in [0.29, 0.717) is 19.6 Å². The maximum absolute atomic E-state index is 12.3. The van der Waals surface area contributed by atoms with E-state index in [2.05, 4.69) is 4.98 Å². The molecule has 7 nitrogen and oxygen atoms in total. The lowest BCUT2D eigenvalue weighted by Gasteiger charge is -2.39. The van der Waals surface area contributed by atoms with Crippen LogP contribution in [0.1, 0.15) is 26.3 Å². The van der Waals surface area contributed by atoms with Crippen LogP contribution in [0.3, 0.4) is 0 Å². The van der Waals surface area contributed by atoms with Crippen molar-refractivity contribution >= 4 is 22.8 Å². The van der Waals surface area contributed by atoms with Crippen molar-refractivity contribution < 1.29 is 19.4 Å². The van der Waals surface area contributed by atoms with Gasteiger partial charge in [0, 0.05) is 37.4 Å². The van der Waals surface area contributed by atoms with E-state index in [1.807, 2.05) is 29.2 Å². The van der Waals surface area contributed by atoms with E-state index >= 15 is 0 Å². The van der Waals surface area contributed by atoms with E-state index in [0.717, 1.165) is 16.3 Å². The van der Waals surface area contributed by atoms with Crippen molar-refractivity contribution in [3.05, 3.63) is 42.2 Å². The Morgan fingerprint density at radius 2 is 2.04 bits per heavy atom. The molecular weight excluding hydrogens is 346 g/mol. The Labute approximate surface area is 158 Å². The second kappa shape index (κ2) is 7.52. The van der Waals surface area contributed by atoms with Gasteiger partial charge in [0.15, 0.2) is 0 Å². The summed E-state index contributed by atoms with van der Waals surface area (Å²) in [7, 11) is 0. The van der Waals surface area contributed by atoms with Crippen LogP contribution < -0.4 is 0 Å². The summed E-state index contributed by atoms with van der Waals surface area (Å²) in [5, 5.41) is 11.8. The summed E-state index contributed by atoms with van der Waals surface area (Å²) in [5.41, 5.74) is 0.441. The van der Waals surface area contributed by atoms with E-state index < -0.39 is 23.7 Å². The number of carbonyl (C=O) groups is 2. The summed E-state index contributed by atoms with van der Waals surface area (Å²) in [5.74, 6) is -0.940. The maximum Gasteiger partial charge on any atom is 0.410 e. The van der Waals surface area contributed by atoms with Crippen LogP contribution in [0.5, 0.6) is 0 Å². The number of benzene rings is 1. The number of carboxylic acids is 1. The van der Waals surface area contributed by atoms with Gasteiger partial charge < -0.3 is 14.7 Å². The van der Waals surface area contributed by atoms with Crippen molar-refractivity contribution in [1.82, 2.24) is 14.8 Å². The Hall–Kier alpha value is -2.67. The minimum absolute atomic E-state index is 0.108. The van der Waals surface area contributed by atoms with Crippen LogP contribution >= 0.6 is 0 Å². The summed E-state index contributed by atoms with van der Waals surface area (Å²) < 4.78 is 5.39. The van der Waals surface area contributed by atoms with Crippen molar-refractivity contribution in [2.75, 3.05) is 19.6 Å². The van der Waals surface area contributed by atoms with Crippen molar-refractivity contribution in [2.24, 2.45) is 0 Å². The number of amides is 1. The number of hydrogen-bond donors (Lipinski definition) is 1.